The molecule has 2 N–H and O–H groups in total. The zero-order chi connectivity index (χ0) is 11.8. The molecule has 2 atom stereocenters. The third-order valence-electron chi connectivity index (χ3n) is 3.69. The summed E-state index contributed by atoms with van der Waals surface area (Å²) >= 11 is 0. The Morgan fingerprint density at radius 1 is 1.47 bits per heavy atom. The van der Waals surface area contributed by atoms with Crippen LogP contribution >= 0.6 is 0 Å². The fourth-order valence-electron chi connectivity index (χ4n) is 2.75. The second-order valence-corrected chi connectivity index (χ2v) is 4.65. The van der Waals surface area contributed by atoms with E-state index in [4.69, 9.17) is 10.2 Å². The molecule has 1 aliphatic carbocycles. The third kappa shape index (κ3) is 1.67. The van der Waals surface area contributed by atoms with Gasteiger partial charge in [0.15, 0.2) is 0 Å². The zero-order valence-electron chi connectivity index (χ0n) is 9.89. The van der Waals surface area contributed by atoms with Crippen molar-refractivity contribution in [3.8, 4) is 0 Å². The molecule has 3 nitrogen and oxygen atoms in total. The largest absolute Gasteiger partial charge is 0.469 e. The number of aromatic nitrogens is 1. The van der Waals surface area contributed by atoms with E-state index in [1.54, 1.807) is 6.26 Å². The van der Waals surface area contributed by atoms with Gasteiger partial charge < -0.3 is 10.2 Å². The van der Waals surface area contributed by atoms with Gasteiger partial charge in [-0.05, 0) is 37.5 Å². The van der Waals surface area contributed by atoms with Crippen molar-refractivity contribution in [2.24, 2.45) is 5.73 Å². The van der Waals surface area contributed by atoms with Crippen LogP contribution in [0.2, 0.25) is 0 Å². The molecule has 0 saturated carbocycles. The van der Waals surface area contributed by atoms with E-state index in [2.05, 4.69) is 11.1 Å². The molecule has 1 aliphatic rings. The summed E-state index contributed by atoms with van der Waals surface area (Å²) in [6.07, 6.45) is 5.72. The summed E-state index contributed by atoms with van der Waals surface area (Å²) in [7, 11) is 0. The minimum absolute atomic E-state index is 0.00935. The van der Waals surface area contributed by atoms with E-state index in [9.17, 15) is 0 Å². The summed E-state index contributed by atoms with van der Waals surface area (Å²) in [5, 5.41) is 0. The standard InChI is InChI=1S/C14H16N2O/c1-9-11(6-8-17-9)13(15)12-5-4-10-3-2-7-16-14(10)12/h2-3,6-8,12-13H,4-5,15H2,1H3. The molecule has 0 amide bonds. The van der Waals surface area contributed by atoms with Crippen LogP contribution in [0.5, 0.6) is 0 Å². The second-order valence-electron chi connectivity index (χ2n) is 4.65. The van der Waals surface area contributed by atoms with Crippen LogP contribution in [0.4, 0.5) is 0 Å². The fraction of sp³-hybridized carbons (Fsp3) is 0.357. The van der Waals surface area contributed by atoms with Crippen molar-refractivity contribution in [2.75, 3.05) is 0 Å². The monoisotopic (exact) mass is 228 g/mol. The summed E-state index contributed by atoms with van der Waals surface area (Å²) < 4.78 is 5.33. The SMILES string of the molecule is Cc1occc1C(N)C1CCc2cccnc21. The normalized spacial score (nSPS) is 20.2. The Balaban J connectivity index is 1.95. The van der Waals surface area contributed by atoms with Crippen LogP contribution < -0.4 is 5.73 Å². The molecule has 3 heteroatoms. The van der Waals surface area contributed by atoms with Crippen molar-refractivity contribution < 1.29 is 4.42 Å². The lowest BCUT2D eigenvalue weighted by Gasteiger charge is -2.18. The molecule has 2 unspecified atom stereocenters. The Kier molecular flexibility index (Phi) is 2.48. The number of hydrogen-bond acceptors (Lipinski definition) is 3. The van der Waals surface area contributed by atoms with Gasteiger partial charge in [0.2, 0.25) is 0 Å². The molecule has 0 fully saturated rings. The van der Waals surface area contributed by atoms with Crippen LogP contribution in [0.3, 0.4) is 0 Å². The van der Waals surface area contributed by atoms with E-state index in [1.165, 1.54) is 11.3 Å². The van der Waals surface area contributed by atoms with Crippen molar-refractivity contribution in [1.29, 1.82) is 0 Å². The van der Waals surface area contributed by atoms with Gasteiger partial charge in [-0.15, -0.1) is 0 Å². The summed E-state index contributed by atoms with van der Waals surface area (Å²) in [5.41, 5.74) is 9.97. The molecule has 0 aromatic carbocycles. The highest BCUT2D eigenvalue weighted by Gasteiger charge is 2.30. The molecule has 2 aromatic rings. The lowest BCUT2D eigenvalue weighted by molar-refractivity contribution is 0.500. The molecule has 17 heavy (non-hydrogen) atoms. The number of nitrogens with zero attached hydrogens (tertiary/aromatic N) is 1. The van der Waals surface area contributed by atoms with Crippen molar-refractivity contribution in [3.63, 3.8) is 0 Å². The van der Waals surface area contributed by atoms with Crippen LogP contribution in [0, 0.1) is 6.92 Å². The Morgan fingerprint density at radius 2 is 2.35 bits per heavy atom. The first-order valence-corrected chi connectivity index (χ1v) is 6.00. The van der Waals surface area contributed by atoms with Gasteiger partial charge in [-0.2, -0.15) is 0 Å². The molecule has 0 bridgehead atoms. The number of aryl methyl sites for hydroxylation is 2. The molecule has 0 spiro atoms. The van der Waals surface area contributed by atoms with Crippen molar-refractivity contribution >= 4 is 0 Å². The first-order chi connectivity index (χ1) is 8.27. The topological polar surface area (TPSA) is 52.0 Å². The number of nitrogens with two attached hydrogens (primary N) is 1. The molecular weight excluding hydrogens is 212 g/mol. The van der Waals surface area contributed by atoms with Crippen LogP contribution in [0.1, 0.15) is 41.0 Å². The van der Waals surface area contributed by atoms with Crippen LogP contribution in [0.15, 0.2) is 35.1 Å². The molecule has 2 heterocycles. The Bertz CT molecular complexity index is 533. The molecular formula is C14H16N2O. The Morgan fingerprint density at radius 3 is 3.12 bits per heavy atom. The number of pyridine rings is 1. The average Bonchev–Trinajstić information content (AvgIpc) is 2.94. The van der Waals surface area contributed by atoms with Gasteiger partial charge >= 0.3 is 0 Å². The van der Waals surface area contributed by atoms with E-state index in [1.807, 2.05) is 25.3 Å². The van der Waals surface area contributed by atoms with Crippen LogP contribution in [-0.4, -0.2) is 4.98 Å². The maximum Gasteiger partial charge on any atom is 0.105 e. The van der Waals surface area contributed by atoms with Gasteiger partial charge in [-0.3, -0.25) is 4.98 Å². The average molecular weight is 228 g/mol. The van der Waals surface area contributed by atoms with Crippen molar-refractivity contribution in [1.82, 2.24) is 4.98 Å². The summed E-state index contributed by atoms with van der Waals surface area (Å²) in [6, 6.07) is 6.11. The lowest BCUT2D eigenvalue weighted by atomic mass is 9.92. The van der Waals surface area contributed by atoms with E-state index in [0.29, 0.717) is 5.92 Å². The smallest absolute Gasteiger partial charge is 0.105 e. The van der Waals surface area contributed by atoms with Gasteiger partial charge in [-0.25, -0.2) is 0 Å². The summed E-state index contributed by atoms with van der Waals surface area (Å²) in [4.78, 5) is 4.49. The van der Waals surface area contributed by atoms with E-state index in [0.717, 1.165) is 24.2 Å². The van der Waals surface area contributed by atoms with Crippen LogP contribution in [0.25, 0.3) is 0 Å². The van der Waals surface area contributed by atoms with Gasteiger partial charge in [0, 0.05) is 29.4 Å². The number of fused-ring (bicyclic) bond motifs is 1. The molecule has 0 saturated heterocycles. The number of hydrogen-bond donors (Lipinski definition) is 1. The second kappa shape index (κ2) is 4.00. The quantitative estimate of drug-likeness (QED) is 0.859. The number of rotatable bonds is 2. The fourth-order valence-corrected chi connectivity index (χ4v) is 2.75. The predicted molar refractivity (Wildman–Crippen MR) is 65.7 cm³/mol. The van der Waals surface area contributed by atoms with Gasteiger partial charge in [0.05, 0.1) is 6.26 Å². The molecule has 3 rings (SSSR count). The van der Waals surface area contributed by atoms with Crippen LogP contribution in [-0.2, 0) is 6.42 Å². The highest BCUT2D eigenvalue weighted by atomic mass is 16.3. The Labute approximate surface area is 101 Å². The first-order valence-electron chi connectivity index (χ1n) is 6.00. The first kappa shape index (κ1) is 10.5. The van der Waals surface area contributed by atoms with E-state index < -0.39 is 0 Å². The summed E-state index contributed by atoms with van der Waals surface area (Å²) in [6.45, 7) is 1.96. The lowest BCUT2D eigenvalue weighted by Crippen LogP contribution is -2.19. The van der Waals surface area contributed by atoms with Gasteiger partial charge in [0.1, 0.15) is 5.76 Å². The maximum absolute atomic E-state index is 6.36. The maximum atomic E-state index is 6.36. The van der Waals surface area contributed by atoms with Crippen molar-refractivity contribution in [3.05, 3.63) is 53.2 Å². The van der Waals surface area contributed by atoms with Crippen molar-refractivity contribution in [2.45, 2.75) is 31.7 Å². The minimum Gasteiger partial charge on any atom is -0.469 e. The molecule has 2 aromatic heterocycles. The van der Waals surface area contributed by atoms with E-state index in [-0.39, 0.29) is 6.04 Å². The minimum atomic E-state index is -0.00935. The highest BCUT2D eigenvalue weighted by Crippen LogP contribution is 2.39. The highest BCUT2D eigenvalue weighted by molar-refractivity contribution is 5.33. The van der Waals surface area contributed by atoms with Gasteiger partial charge in [-0.1, -0.05) is 6.07 Å². The third-order valence-corrected chi connectivity index (χ3v) is 3.69. The molecule has 0 radical (unpaired) electrons. The van der Waals surface area contributed by atoms with Gasteiger partial charge in [0.25, 0.3) is 0 Å². The molecule has 88 valence electrons. The summed E-state index contributed by atoms with van der Waals surface area (Å²) in [5.74, 6) is 1.24. The zero-order valence-corrected chi connectivity index (χ0v) is 9.89. The van der Waals surface area contributed by atoms with E-state index >= 15 is 0 Å². The predicted octanol–water partition coefficient (Wildman–Crippen LogP) is 2.71. The Hall–Kier alpha value is -1.61. The molecule has 0 aliphatic heterocycles. The number of furan rings is 1.